The minimum absolute atomic E-state index is 0.0235. The lowest BCUT2D eigenvalue weighted by Crippen LogP contribution is -2.52. The maximum absolute atomic E-state index is 12.1. The summed E-state index contributed by atoms with van der Waals surface area (Å²) in [6, 6.07) is 7.52. The molecular weight excluding hydrogens is 314 g/mol. The van der Waals surface area contributed by atoms with Gasteiger partial charge in [-0.15, -0.1) is 11.3 Å². The van der Waals surface area contributed by atoms with Crippen molar-refractivity contribution in [3.05, 3.63) is 46.5 Å². The number of aliphatic hydroxyl groups excluding tert-OH is 1. The number of piperazine rings is 1. The molecule has 3 heterocycles. The fourth-order valence-corrected chi connectivity index (χ4v) is 3.28. The van der Waals surface area contributed by atoms with E-state index in [1.165, 1.54) is 0 Å². The highest BCUT2D eigenvalue weighted by Crippen LogP contribution is 2.15. The van der Waals surface area contributed by atoms with E-state index < -0.39 is 6.10 Å². The molecule has 0 spiro atoms. The van der Waals surface area contributed by atoms with Crippen LogP contribution in [0.25, 0.3) is 0 Å². The van der Waals surface area contributed by atoms with Crippen molar-refractivity contribution in [3.8, 4) is 0 Å². The van der Waals surface area contributed by atoms with Gasteiger partial charge in [-0.1, -0.05) is 6.07 Å². The zero-order valence-corrected chi connectivity index (χ0v) is 13.7. The van der Waals surface area contributed by atoms with Crippen molar-refractivity contribution < 1.29 is 14.3 Å². The molecule has 0 aliphatic carbocycles. The lowest BCUT2D eigenvalue weighted by atomic mass is 10.2. The molecule has 1 atom stereocenters. The molecule has 2 aromatic rings. The standard InChI is InChI=1S/C16H21N3O3S/c20-14(15-4-1-9-22-15)12-18-5-7-19(8-6-18)16(21)17-11-13-3-2-10-23-13/h1-4,9-10,14,20H,5-8,11-12H2,(H,17,21)/t14-/m0/s1. The Labute approximate surface area is 139 Å². The molecule has 23 heavy (non-hydrogen) atoms. The number of β-amino-alcohol motifs (C(OH)–C–C–N with tert-alkyl or cyclic N) is 1. The van der Waals surface area contributed by atoms with Crippen LogP contribution in [-0.4, -0.2) is 53.7 Å². The Hall–Kier alpha value is -1.83. The first-order valence-corrected chi connectivity index (χ1v) is 8.59. The number of hydrogen-bond acceptors (Lipinski definition) is 5. The van der Waals surface area contributed by atoms with E-state index in [1.807, 2.05) is 22.4 Å². The molecular formula is C16H21N3O3S. The van der Waals surface area contributed by atoms with Gasteiger partial charge in [0, 0.05) is 37.6 Å². The fourth-order valence-electron chi connectivity index (χ4n) is 2.64. The van der Waals surface area contributed by atoms with Gasteiger partial charge in [-0.3, -0.25) is 4.90 Å². The number of rotatable bonds is 5. The Morgan fingerprint density at radius 2 is 2.13 bits per heavy atom. The van der Waals surface area contributed by atoms with Gasteiger partial charge in [0.05, 0.1) is 12.8 Å². The van der Waals surface area contributed by atoms with Gasteiger partial charge in [0.15, 0.2) is 0 Å². The van der Waals surface area contributed by atoms with Gasteiger partial charge >= 0.3 is 6.03 Å². The number of carbonyl (C=O) groups is 1. The summed E-state index contributed by atoms with van der Waals surface area (Å²) in [6.07, 6.45) is 0.943. The molecule has 2 amide bonds. The molecule has 3 rings (SSSR count). The average molecular weight is 335 g/mol. The first-order chi connectivity index (χ1) is 11.2. The molecule has 0 unspecified atom stereocenters. The van der Waals surface area contributed by atoms with E-state index in [-0.39, 0.29) is 6.03 Å². The van der Waals surface area contributed by atoms with Crippen LogP contribution in [0, 0.1) is 0 Å². The van der Waals surface area contributed by atoms with E-state index in [0.717, 1.165) is 18.0 Å². The highest BCUT2D eigenvalue weighted by molar-refractivity contribution is 7.09. The largest absolute Gasteiger partial charge is 0.467 e. The van der Waals surface area contributed by atoms with Crippen molar-refractivity contribution >= 4 is 17.4 Å². The topological polar surface area (TPSA) is 69.0 Å². The number of thiophene rings is 1. The zero-order valence-electron chi connectivity index (χ0n) is 12.9. The highest BCUT2D eigenvalue weighted by Gasteiger charge is 2.23. The first kappa shape index (κ1) is 16.0. The molecule has 124 valence electrons. The third kappa shape index (κ3) is 4.34. The van der Waals surface area contributed by atoms with Crippen LogP contribution in [-0.2, 0) is 6.54 Å². The molecule has 0 aromatic carbocycles. The van der Waals surface area contributed by atoms with Crippen LogP contribution < -0.4 is 5.32 Å². The Kier molecular flexibility index (Phi) is 5.32. The quantitative estimate of drug-likeness (QED) is 0.876. The molecule has 0 radical (unpaired) electrons. The van der Waals surface area contributed by atoms with E-state index >= 15 is 0 Å². The van der Waals surface area contributed by atoms with Crippen molar-refractivity contribution in [2.45, 2.75) is 12.6 Å². The van der Waals surface area contributed by atoms with Crippen molar-refractivity contribution in [1.29, 1.82) is 0 Å². The van der Waals surface area contributed by atoms with Crippen molar-refractivity contribution in [2.75, 3.05) is 32.7 Å². The lowest BCUT2D eigenvalue weighted by Gasteiger charge is -2.35. The maximum atomic E-state index is 12.1. The lowest BCUT2D eigenvalue weighted by molar-refractivity contribution is 0.0691. The van der Waals surface area contributed by atoms with Crippen molar-refractivity contribution in [3.63, 3.8) is 0 Å². The molecule has 2 N–H and O–H groups in total. The monoisotopic (exact) mass is 335 g/mol. The van der Waals surface area contributed by atoms with Crippen LogP contribution in [0.5, 0.6) is 0 Å². The molecule has 1 fully saturated rings. The van der Waals surface area contributed by atoms with Crippen molar-refractivity contribution in [1.82, 2.24) is 15.1 Å². The van der Waals surface area contributed by atoms with Gasteiger partial charge in [0.25, 0.3) is 0 Å². The van der Waals surface area contributed by atoms with E-state index in [4.69, 9.17) is 4.42 Å². The normalized spacial score (nSPS) is 17.2. The number of carbonyl (C=O) groups excluding carboxylic acids is 1. The molecule has 1 aliphatic heterocycles. The summed E-state index contributed by atoms with van der Waals surface area (Å²) in [4.78, 5) is 17.3. The summed E-state index contributed by atoms with van der Waals surface area (Å²) in [5.41, 5.74) is 0. The molecule has 7 heteroatoms. The summed E-state index contributed by atoms with van der Waals surface area (Å²) >= 11 is 1.64. The first-order valence-electron chi connectivity index (χ1n) is 7.71. The predicted octanol–water partition coefficient (Wildman–Crippen LogP) is 1.90. The number of nitrogens with one attached hydrogen (secondary N) is 1. The van der Waals surface area contributed by atoms with Gasteiger partial charge in [-0.05, 0) is 23.6 Å². The number of amides is 2. The summed E-state index contributed by atoms with van der Waals surface area (Å²) < 4.78 is 5.21. The molecule has 0 bridgehead atoms. The van der Waals surface area contributed by atoms with Crippen LogP contribution in [0.3, 0.4) is 0 Å². The third-order valence-corrected chi connectivity index (χ3v) is 4.83. The average Bonchev–Trinajstić information content (AvgIpc) is 3.26. The number of urea groups is 1. The van der Waals surface area contributed by atoms with Crippen LogP contribution in [0.4, 0.5) is 4.79 Å². The van der Waals surface area contributed by atoms with Crippen LogP contribution >= 0.6 is 11.3 Å². The summed E-state index contributed by atoms with van der Waals surface area (Å²) in [6.45, 7) is 3.95. The third-order valence-electron chi connectivity index (χ3n) is 3.96. The SMILES string of the molecule is O=C(NCc1cccs1)N1CCN(C[C@H](O)c2ccco2)CC1. The number of aliphatic hydroxyl groups is 1. The second-order valence-electron chi connectivity index (χ2n) is 5.56. The van der Waals surface area contributed by atoms with E-state index in [2.05, 4.69) is 10.2 Å². The fraction of sp³-hybridized carbons (Fsp3) is 0.438. The summed E-state index contributed by atoms with van der Waals surface area (Å²) in [5.74, 6) is 0.584. The minimum Gasteiger partial charge on any atom is -0.467 e. The Morgan fingerprint density at radius 1 is 1.30 bits per heavy atom. The van der Waals surface area contributed by atoms with E-state index in [1.54, 1.807) is 29.7 Å². The van der Waals surface area contributed by atoms with Crippen LogP contribution in [0.15, 0.2) is 40.3 Å². The summed E-state index contributed by atoms with van der Waals surface area (Å²) in [5, 5.41) is 15.1. The van der Waals surface area contributed by atoms with Gasteiger partial charge in [-0.2, -0.15) is 0 Å². The van der Waals surface area contributed by atoms with Gasteiger partial charge in [0.1, 0.15) is 11.9 Å². The number of nitrogens with zero attached hydrogens (tertiary/aromatic N) is 2. The smallest absolute Gasteiger partial charge is 0.317 e. The Balaban J connectivity index is 1.40. The summed E-state index contributed by atoms with van der Waals surface area (Å²) in [7, 11) is 0. The Bertz CT molecular complexity index is 592. The predicted molar refractivity (Wildman–Crippen MR) is 88.2 cm³/mol. The second kappa shape index (κ2) is 7.63. The second-order valence-corrected chi connectivity index (χ2v) is 6.59. The Morgan fingerprint density at radius 3 is 2.78 bits per heavy atom. The molecule has 2 aromatic heterocycles. The van der Waals surface area contributed by atoms with E-state index in [9.17, 15) is 9.90 Å². The van der Waals surface area contributed by atoms with Gasteiger partial charge in [-0.25, -0.2) is 4.79 Å². The van der Waals surface area contributed by atoms with Gasteiger partial charge in [0.2, 0.25) is 0 Å². The van der Waals surface area contributed by atoms with E-state index in [0.29, 0.717) is 31.9 Å². The zero-order chi connectivity index (χ0) is 16.1. The van der Waals surface area contributed by atoms with Crippen LogP contribution in [0.2, 0.25) is 0 Å². The highest BCUT2D eigenvalue weighted by atomic mass is 32.1. The van der Waals surface area contributed by atoms with Gasteiger partial charge < -0.3 is 19.7 Å². The minimum atomic E-state index is -0.621. The molecule has 1 saturated heterocycles. The number of furan rings is 1. The maximum Gasteiger partial charge on any atom is 0.317 e. The molecule has 0 saturated carbocycles. The number of hydrogen-bond donors (Lipinski definition) is 2. The molecule has 1 aliphatic rings. The van der Waals surface area contributed by atoms with Crippen LogP contribution in [0.1, 0.15) is 16.7 Å². The van der Waals surface area contributed by atoms with Crippen molar-refractivity contribution in [2.24, 2.45) is 0 Å². The molecule has 6 nitrogen and oxygen atoms in total.